The van der Waals surface area contributed by atoms with Gasteiger partial charge in [0.2, 0.25) is 0 Å². The summed E-state index contributed by atoms with van der Waals surface area (Å²) in [6.07, 6.45) is 5.74. The van der Waals surface area contributed by atoms with E-state index in [1.165, 1.54) is 0 Å². The van der Waals surface area contributed by atoms with Crippen LogP contribution < -0.4 is 5.32 Å². The lowest BCUT2D eigenvalue weighted by Gasteiger charge is -2.21. The second kappa shape index (κ2) is 11.0. The number of aliphatic imine (C=N–C) groups is 1. The van der Waals surface area contributed by atoms with Gasteiger partial charge in [-0.3, -0.25) is 4.99 Å². The molecule has 156 valence electrons. The number of nitrogens with one attached hydrogen (secondary N) is 2. The summed E-state index contributed by atoms with van der Waals surface area (Å²) < 4.78 is 2.18. The van der Waals surface area contributed by atoms with E-state index in [4.69, 9.17) is 0 Å². The van der Waals surface area contributed by atoms with E-state index in [-0.39, 0.29) is 24.0 Å². The van der Waals surface area contributed by atoms with Crippen molar-refractivity contribution in [3.63, 3.8) is 0 Å². The SMILES string of the molecule is CN=C(NCc1nccn1CC(C)C)N(C)Cc1ncc(-c2ccccc2)[nH]1.I. The number of imidazole rings is 2. The third kappa shape index (κ3) is 6.31. The molecule has 2 heterocycles. The molecule has 0 radical (unpaired) electrons. The van der Waals surface area contributed by atoms with Crippen molar-refractivity contribution in [2.24, 2.45) is 10.9 Å². The Morgan fingerprint density at radius 3 is 2.69 bits per heavy atom. The van der Waals surface area contributed by atoms with E-state index in [0.29, 0.717) is 19.0 Å². The van der Waals surface area contributed by atoms with Gasteiger partial charge in [-0.1, -0.05) is 44.2 Å². The molecule has 0 saturated carbocycles. The van der Waals surface area contributed by atoms with Gasteiger partial charge >= 0.3 is 0 Å². The van der Waals surface area contributed by atoms with E-state index in [9.17, 15) is 0 Å². The van der Waals surface area contributed by atoms with Crippen molar-refractivity contribution >= 4 is 29.9 Å². The van der Waals surface area contributed by atoms with Crippen molar-refractivity contribution in [3.05, 3.63) is 60.6 Å². The maximum atomic E-state index is 4.51. The number of rotatable bonds is 7. The van der Waals surface area contributed by atoms with Gasteiger partial charge in [0.15, 0.2) is 5.96 Å². The normalized spacial score (nSPS) is 11.4. The van der Waals surface area contributed by atoms with E-state index in [2.05, 4.69) is 55.8 Å². The van der Waals surface area contributed by atoms with Gasteiger partial charge in [-0.2, -0.15) is 0 Å². The quantitative estimate of drug-likeness (QED) is 0.290. The number of benzene rings is 1. The molecule has 2 aromatic heterocycles. The van der Waals surface area contributed by atoms with E-state index < -0.39 is 0 Å². The molecule has 0 aliphatic carbocycles. The molecule has 3 rings (SSSR count). The van der Waals surface area contributed by atoms with E-state index in [1.54, 1.807) is 7.05 Å². The third-order valence-corrected chi connectivity index (χ3v) is 4.44. The van der Waals surface area contributed by atoms with Gasteiger partial charge < -0.3 is 19.8 Å². The van der Waals surface area contributed by atoms with Crippen LogP contribution in [0.15, 0.2) is 53.9 Å². The summed E-state index contributed by atoms with van der Waals surface area (Å²) in [5, 5.41) is 3.39. The van der Waals surface area contributed by atoms with Crippen LogP contribution in [0.2, 0.25) is 0 Å². The third-order valence-electron chi connectivity index (χ3n) is 4.44. The zero-order chi connectivity index (χ0) is 19.9. The van der Waals surface area contributed by atoms with Gasteiger partial charge in [-0.25, -0.2) is 9.97 Å². The standard InChI is InChI=1S/C21H29N7.HI/c1-16(2)14-28-11-10-23-20(28)13-25-21(22-3)27(4)15-19-24-12-18(26-19)17-8-6-5-7-9-17;/h5-12,16H,13-15H2,1-4H3,(H,22,25)(H,24,26);1H. The van der Waals surface area contributed by atoms with Crippen molar-refractivity contribution in [1.29, 1.82) is 0 Å². The van der Waals surface area contributed by atoms with Crippen molar-refractivity contribution in [2.75, 3.05) is 14.1 Å². The Hall–Kier alpha value is -2.36. The summed E-state index contributed by atoms with van der Waals surface area (Å²) in [6, 6.07) is 10.2. The number of aromatic nitrogens is 4. The van der Waals surface area contributed by atoms with Crippen molar-refractivity contribution < 1.29 is 0 Å². The van der Waals surface area contributed by atoms with Gasteiger partial charge in [0.1, 0.15) is 11.6 Å². The molecule has 29 heavy (non-hydrogen) atoms. The second-order valence-corrected chi connectivity index (χ2v) is 7.26. The largest absolute Gasteiger partial charge is 0.349 e. The molecule has 0 atom stereocenters. The zero-order valence-corrected chi connectivity index (χ0v) is 19.8. The lowest BCUT2D eigenvalue weighted by Crippen LogP contribution is -2.38. The first-order chi connectivity index (χ1) is 13.6. The lowest BCUT2D eigenvalue weighted by molar-refractivity contribution is 0.458. The fraction of sp³-hybridized carbons (Fsp3) is 0.381. The summed E-state index contributed by atoms with van der Waals surface area (Å²) in [7, 11) is 3.79. The highest BCUT2D eigenvalue weighted by molar-refractivity contribution is 14.0. The predicted octanol–water partition coefficient (Wildman–Crippen LogP) is 3.75. The van der Waals surface area contributed by atoms with Crippen LogP contribution in [0.25, 0.3) is 11.3 Å². The molecule has 0 unspecified atom stereocenters. The summed E-state index contributed by atoms with van der Waals surface area (Å²) in [4.78, 5) is 18.8. The average Bonchev–Trinajstić information content (AvgIpc) is 3.32. The molecule has 0 aliphatic heterocycles. The van der Waals surface area contributed by atoms with Crippen molar-refractivity contribution in [3.8, 4) is 11.3 Å². The Morgan fingerprint density at radius 1 is 1.24 bits per heavy atom. The molecule has 2 N–H and O–H groups in total. The number of hydrogen-bond donors (Lipinski definition) is 2. The van der Waals surface area contributed by atoms with Crippen LogP contribution in [0.3, 0.4) is 0 Å². The minimum Gasteiger partial charge on any atom is -0.349 e. The van der Waals surface area contributed by atoms with Crippen molar-refractivity contribution in [2.45, 2.75) is 33.5 Å². The van der Waals surface area contributed by atoms with E-state index in [1.807, 2.05) is 48.7 Å². The van der Waals surface area contributed by atoms with Crippen LogP contribution in [0, 0.1) is 5.92 Å². The van der Waals surface area contributed by atoms with E-state index >= 15 is 0 Å². The van der Waals surface area contributed by atoms with E-state index in [0.717, 1.165) is 35.4 Å². The predicted molar refractivity (Wildman–Crippen MR) is 128 cm³/mol. The van der Waals surface area contributed by atoms with Crippen LogP contribution in [-0.2, 0) is 19.6 Å². The summed E-state index contributed by atoms with van der Waals surface area (Å²) in [5.74, 6) is 3.28. The number of hydrogen-bond acceptors (Lipinski definition) is 3. The van der Waals surface area contributed by atoms with Gasteiger partial charge in [0.05, 0.1) is 25.0 Å². The van der Waals surface area contributed by atoms with Crippen molar-refractivity contribution in [1.82, 2.24) is 29.7 Å². The number of aromatic amines is 1. The molecule has 0 spiro atoms. The highest BCUT2D eigenvalue weighted by Crippen LogP contribution is 2.16. The zero-order valence-electron chi connectivity index (χ0n) is 17.5. The Kier molecular flexibility index (Phi) is 8.69. The number of halogens is 1. The minimum absolute atomic E-state index is 0. The molecule has 1 aromatic carbocycles. The van der Waals surface area contributed by atoms with Crippen LogP contribution in [0.1, 0.15) is 25.5 Å². The molecule has 0 saturated heterocycles. The highest BCUT2D eigenvalue weighted by atomic mass is 127. The maximum absolute atomic E-state index is 4.51. The monoisotopic (exact) mass is 507 g/mol. The molecule has 0 aliphatic rings. The Balaban J connectivity index is 0.00000300. The fourth-order valence-corrected chi connectivity index (χ4v) is 3.12. The van der Waals surface area contributed by atoms with Gasteiger partial charge in [0.25, 0.3) is 0 Å². The van der Waals surface area contributed by atoms with Crippen LogP contribution in [-0.4, -0.2) is 44.5 Å². The molecule has 8 heteroatoms. The second-order valence-electron chi connectivity index (χ2n) is 7.26. The fourth-order valence-electron chi connectivity index (χ4n) is 3.12. The summed E-state index contributed by atoms with van der Waals surface area (Å²) >= 11 is 0. The van der Waals surface area contributed by atoms with Gasteiger partial charge in [0, 0.05) is 33.0 Å². The van der Waals surface area contributed by atoms with Crippen LogP contribution in [0.4, 0.5) is 0 Å². The molecule has 7 nitrogen and oxygen atoms in total. The molecule has 0 fully saturated rings. The number of H-pyrrole nitrogens is 1. The average molecular weight is 507 g/mol. The summed E-state index contributed by atoms with van der Waals surface area (Å²) in [6.45, 7) is 6.63. The summed E-state index contributed by atoms with van der Waals surface area (Å²) in [5.41, 5.74) is 2.14. The first kappa shape index (κ1) is 22.9. The highest BCUT2D eigenvalue weighted by Gasteiger charge is 2.11. The van der Waals surface area contributed by atoms with Crippen LogP contribution >= 0.6 is 24.0 Å². The molecule has 0 amide bonds. The maximum Gasteiger partial charge on any atom is 0.194 e. The first-order valence-corrected chi connectivity index (χ1v) is 9.58. The Morgan fingerprint density at radius 2 is 2.00 bits per heavy atom. The Bertz CT molecular complexity index is 899. The molecular weight excluding hydrogens is 477 g/mol. The molecule has 0 bridgehead atoms. The Labute approximate surface area is 189 Å². The van der Waals surface area contributed by atoms with Crippen LogP contribution in [0.5, 0.6) is 0 Å². The lowest BCUT2D eigenvalue weighted by atomic mass is 10.2. The topological polar surface area (TPSA) is 74.1 Å². The molecular formula is C21H30IN7. The minimum atomic E-state index is 0. The van der Waals surface area contributed by atoms with Gasteiger partial charge in [-0.15, -0.1) is 24.0 Å². The number of guanidine groups is 1. The van der Waals surface area contributed by atoms with Gasteiger partial charge in [-0.05, 0) is 11.5 Å². The smallest absolute Gasteiger partial charge is 0.194 e. The first-order valence-electron chi connectivity index (χ1n) is 9.58. The number of nitrogens with zero attached hydrogens (tertiary/aromatic N) is 5. The molecule has 3 aromatic rings.